The molecule has 0 aliphatic heterocycles. The van der Waals surface area contributed by atoms with Gasteiger partial charge in [-0.2, -0.15) is 5.26 Å². The predicted octanol–water partition coefficient (Wildman–Crippen LogP) is 2.84. The van der Waals surface area contributed by atoms with E-state index in [0.29, 0.717) is 29.1 Å². The first kappa shape index (κ1) is 15.5. The summed E-state index contributed by atoms with van der Waals surface area (Å²) < 4.78 is 1.55. The standard InChI is InChI=1S/C20H18N4O/c1-13-6-7-18-16(8-13)9-17-19(23-18)22-12-24(20(17)25)11-15-5-3-2-4-14(15)10-21/h2-5,9,12-13H,6-8,11H2,1H3/t13-/m1/s1. The summed E-state index contributed by atoms with van der Waals surface area (Å²) >= 11 is 0. The molecule has 0 amide bonds. The van der Waals surface area contributed by atoms with E-state index in [1.54, 1.807) is 10.6 Å². The minimum Gasteiger partial charge on any atom is -0.294 e. The maximum absolute atomic E-state index is 12.9. The summed E-state index contributed by atoms with van der Waals surface area (Å²) in [7, 11) is 0. The van der Waals surface area contributed by atoms with Gasteiger partial charge in [-0.3, -0.25) is 9.36 Å². The van der Waals surface area contributed by atoms with Gasteiger partial charge in [-0.25, -0.2) is 9.97 Å². The average molecular weight is 330 g/mol. The molecule has 0 saturated heterocycles. The molecule has 0 radical (unpaired) electrons. The lowest BCUT2D eigenvalue weighted by Gasteiger charge is -2.20. The average Bonchev–Trinajstić information content (AvgIpc) is 2.63. The number of aryl methyl sites for hydroxylation is 1. The molecule has 0 saturated carbocycles. The third kappa shape index (κ3) is 2.80. The van der Waals surface area contributed by atoms with Crippen molar-refractivity contribution in [1.82, 2.24) is 14.5 Å². The van der Waals surface area contributed by atoms with Crippen molar-refractivity contribution in [2.45, 2.75) is 32.7 Å². The third-order valence-corrected chi connectivity index (χ3v) is 4.90. The van der Waals surface area contributed by atoms with Crippen LogP contribution in [0.5, 0.6) is 0 Å². The van der Waals surface area contributed by atoms with E-state index in [-0.39, 0.29) is 5.56 Å². The van der Waals surface area contributed by atoms with Crippen molar-refractivity contribution in [2.75, 3.05) is 0 Å². The van der Waals surface area contributed by atoms with Crippen molar-refractivity contribution in [1.29, 1.82) is 5.26 Å². The molecule has 2 heterocycles. The lowest BCUT2D eigenvalue weighted by atomic mass is 9.87. The molecule has 0 unspecified atom stereocenters. The molecular formula is C20H18N4O. The van der Waals surface area contributed by atoms with Gasteiger partial charge in [-0.1, -0.05) is 25.1 Å². The highest BCUT2D eigenvalue weighted by Gasteiger charge is 2.18. The number of nitrogens with zero attached hydrogens (tertiary/aromatic N) is 4. The molecule has 0 fully saturated rings. The Morgan fingerprint density at radius 2 is 2.20 bits per heavy atom. The van der Waals surface area contributed by atoms with Crippen LogP contribution in [-0.4, -0.2) is 14.5 Å². The van der Waals surface area contributed by atoms with Crippen LogP contribution < -0.4 is 5.56 Å². The quantitative estimate of drug-likeness (QED) is 0.724. The lowest BCUT2D eigenvalue weighted by molar-refractivity contribution is 0.495. The van der Waals surface area contributed by atoms with Crippen LogP contribution in [0.1, 0.15) is 35.7 Å². The van der Waals surface area contributed by atoms with Crippen LogP contribution in [-0.2, 0) is 19.4 Å². The summed E-state index contributed by atoms with van der Waals surface area (Å²) in [6, 6.07) is 11.4. The van der Waals surface area contributed by atoms with E-state index in [9.17, 15) is 10.1 Å². The Balaban J connectivity index is 1.80. The van der Waals surface area contributed by atoms with Crippen molar-refractivity contribution in [3.05, 3.63) is 69.4 Å². The Morgan fingerprint density at radius 3 is 3.04 bits per heavy atom. The fraction of sp³-hybridized carbons (Fsp3) is 0.300. The summed E-state index contributed by atoms with van der Waals surface area (Å²) in [6.07, 6.45) is 4.58. The lowest BCUT2D eigenvalue weighted by Crippen LogP contribution is -2.23. The normalized spacial score (nSPS) is 16.4. The van der Waals surface area contributed by atoms with Crippen LogP contribution in [0.2, 0.25) is 0 Å². The third-order valence-electron chi connectivity index (χ3n) is 4.90. The Labute approximate surface area is 145 Å². The number of rotatable bonds is 2. The van der Waals surface area contributed by atoms with E-state index in [1.807, 2.05) is 24.3 Å². The van der Waals surface area contributed by atoms with Crippen LogP contribution >= 0.6 is 0 Å². The highest BCUT2D eigenvalue weighted by Crippen LogP contribution is 2.25. The van der Waals surface area contributed by atoms with Gasteiger partial charge < -0.3 is 0 Å². The van der Waals surface area contributed by atoms with Crippen molar-refractivity contribution < 1.29 is 0 Å². The van der Waals surface area contributed by atoms with E-state index >= 15 is 0 Å². The minimum absolute atomic E-state index is 0.105. The molecule has 4 rings (SSSR count). The van der Waals surface area contributed by atoms with E-state index < -0.39 is 0 Å². The number of pyridine rings is 1. The molecule has 2 aromatic heterocycles. The number of fused-ring (bicyclic) bond motifs is 2. The summed E-state index contributed by atoms with van der Waals surface area (Å²) in [5, 5.41) is 9.79. The summed E-state index contributed by atoms with van der Waals surface area (Å²) in [5.41, 5.74) is 4.04. The smallest absolute Gasteiger partial charge is 0.263 e. The zero-order valence-electron chi connectivity index (χ0n) is 14.1. The SMILES string of the molecule is C[C@@H]1CCc2nc3ncn(Cc4ccccc4C#N)c(=O)c3cc2C1. The fourth-order valence-electron chi connectivity index (χ4n) is 3.49. The van der Waals surface area contributed by atoms with E-state index in [0.717, 1.165) is 30.5 Å². The zero-order valence-corrected chi connectivity index (χ0v) is 14.1. The zero-order chi connectivity index (χ0) is 17.4. The molecule has 0 N–H and O–H groups in total. The van der Waals surface area contributed by atoms with Gasteiger partial charge in [0.15, 0.2) is 5.65 Å². The first-order valence-corrected chi connectivity index (χ1v) is 8.51. The van der Waals surface area contributed by atoms with E-state index in [4.69, 9.17) is 0 Å². The second-order valence-corrected chi connectivity index (χ2v) is 6.76. The van der Waals surface area contributed by atoms with Gasteiger partial charge in [-0.15, -0.1) is 0 Å². The molecule has 5 heteroatoms. The topological polar surface area (TPSA) is 71.6 Å². The maximum Gasteiger partial charge on any atom is 0.263 e. The summed E-state index contributed by atoms with van der Waals surface area (Å²) in [4.78, 5) is 21.9. The minimum atomic E-state index is -0.105. The van der Waals surface area contributed by atoms with E-state index in [1.165, 1.54) is 11.9 Å². The summed E-state index contributed by atoms with van der Waals surface area (Å²) in [5.74, 6) is 0.619. The number of hydrogen-bond acceptors (Lipinski definition) is 4. The number of hydrogen-bond donors (Lipinski definition) is 0. The number of nitriles is 1. The van der Waals surface area contributed by atoms with Crippen LogP contribution in [0.4, 0.5) is 0 Å². The fourth-order valence-corrected chi connectivity index (χ4v) is 3.49. The largest absolute Gasteiger partial charge is 0.294 e. The molecule has 5 nitrogen and oxygen atoms in total. The highest BCUT2D eigenvalue weighted by molar-refractivity contribution is 5.74. The Morgan fingerprint density at radius 1 is 1.36 bits per heavy atom. The monoisotopic (exact) mass is 330 g/mol. The molecule has 1 atom stereocenters. The first-order valence-electron chi connectivity index (χ1n) is 8.51. The Kier molecular flexibility index (Phi) is 3.81. The molecule has 25 heavy (non-hydrogen) atoms. The Bertz CT molecular complexity index is 1060. The molecule has 124 valence electrons. The van der Waals surface area contributed by atoms with Crippen LogP contribution in [0.25, 0.3) is 11.0 Å². The van der Waals surface area contributed by atoms with Crippen molar-refractivity contribution in [3.8, 4) is 6.07 Å². The molecule has 3 aromatic rings. The summed E-state index contributed by atoms with van der Waals surface area (Å²) in [6.45, 7) is 2.56. The van der Waals surface area contributed by atoms with Crippen LogP contribution in [0, 0.1) is 17.2 Å². The van der Waals surface area contributed by atoms with Gasteiger partial charge in [0, 0.05) is 5.69 Å². The highest BCUT2D eigenvalue weighted by atomic mass is 16.1. The Hall–Kier alpha value is -3.00. The van der Waals surface area contributed by atoms with Gasteiger partial charge >= 0.3 is 0 Å². The van der Waals surface area contributed by atoms with Crippen molar-refractivity contribution in [2.24, 2.45) is 5.92 Å². The molecule has 1 aliphatic carbocycles. The van der Waals surface area contributed by atoms with Gasteiger partial charge in [-0.05, 0) is 48.4 Å². The molecular weight excluding hydrogens is 312 g/mol. The molecule has 0 bridgehead atoms. The van der Waals surface area contributed by atoms with E-state index in [2.05, 4.69) is 23.0 Å². The van der Waals surface area contributed by atoms with Gasteiger partial charge in [0.25, 0.3) is 5.56 Å². The van der Waals surface area contributed by atoms with Gasteiger partial charge in [0.1, 0.15) is 6.33 Å². The molecule has 0 spiro atoms. The first-order chi connectivity index (χ1) is 12.2. The molecule has 1 aromatic carbocycles. The second kappa shape index (κ2) is 6.14. The van der Waals surface area contributed by atoms with Crippen LogP contribution in [0.3, 0.4) is 0 Å². The van der Waals surface area contributed by atoms with Crippen molar-refractivity contribution >= 4 is 11.0 Å². The van der Waals surface area contributed by atoms with Gasteiger partial charge in [0.05, 0.1) is 23.6 Å². The van der Waals surface area contributed by atoms with Gasteiger partial charge in [0.2, 0.25) is 0 Å². The number of aromatic nitrogens is 3. The van der Waals surface area contributed by atoms with Crippen molar-refractivity contribution in [3.63, 3.8) is 0 Å². The van der Waals surface area contributed by atoms with Crippen LogP contribution in [0.15, 0.2) is 41.5 Å². The molecule has 1 aliphatic rings. The second-order valence-electron chi connectivity index (χ2n) is 6.76. The predicted molar refractivity (Wildman–Crippen MR) is 95.2 cm³/mol. The maximum atomic E-state index is 12.9. The number of benzene rings is 1.